The van der Waals surface area contributed by atoms with E-state index < -0.39 is 0 Å². The molecular weight excluding hydrogens is 172 g/mol. The van der Waals surface area contributed by atoms with Gasteiger partial charge in [-0.25, -0.2) is 0 Å². The molecule has 1 N–H and O–H groups in total. The Labute approximate surface area is 87.7 Å². The maximum absolute atomic E-state index is 8.83. The van der Waals surface area contributed by atoms with Gasteiger partial charge in [0.05, 0.1) is 11.5 Å². The maximum Gasteiger partial charge on any atom is 0.0684 e. The molecule has 2 heteroatoms. The Kier molecular flexibility index (Phi) is 3.55. The molecule has 1 saturated carbocycles. The van der Waals surface area contributed by atoms with Crippen molar-refractivity contribution >= 4 is 0 Å². The largest absolute Gasteiger partial charge is 0.316 e. The summed E-state index contributed by atoms with van der Waals surface area (Å²) in [6.07, 6.45) is 5.06. The van der Waals surface area contributed by atoms with Gasteiger partial charge in [0.15, 0.2) is 0 Å². The third kappa shape index (κ3) is 3.31. The quantitative estimate of drug-likeness (QED) is 0.683. The third-order valence-corrected chi connectivity index (χ3v) is 3.34. The SMILES string of the molecule is CC(C)(C#N)CCNCC1(C)CCC1. The van der Waals surface area contributed by atoms with Gasteiger partial charge >= 0.3 is 0 Å². The summed E-state index contributed by atoms with van der Waals surface area (Å²) in [5.74, 6) is 0. The van der Waals surface area contributed by atoms with E-state index in [1.807, 2.05) is 13.8 Å². The lowest BCUT2D eigenvalue weighted by atomic mass is 9.70. The second-order valence-electron chi connectivity index (χ2n) is 5.59. The molecule has 0 amide bonds. The van der Waals surface area contributed by atoms with E-state index in [1.54, 1.807) is 0 Å². The topological polar surface area (TPSA) is 35.8 Å². The Hall–Kier alpha value is -0.550. The van der Waals surface area contributed by atoms with Crippen molar-refractivity contribution in [3.05, 3.63) is 0 Å². The molecule has 0 saturated heterocycles. The van der Waals surface area contributed by atoms with Gasteiger partial charge in [0.2, 0.25) is 0 Å². The first-order chi connectivity index (χ1) is 6.47. The van der Waals surface area contributed by atoms with Crippen LogP contribution in [0, 0.1) is 22.2 Å². The highest BCUT2D eigenvalue weighted by Crippen LogP contribution is 2.39. The maximum atomic E-state index is 8.83. The molecule has 0 heterocycles. The summed E-state index contributed by atoms with van der Waals surface area (Å²) in [6, 6.07) is 2.33. The predicted octanol–water partition coefficient (Wildman–Crippen LogP) is 2.71. The van der Waals surface area contributed by atoms with E-state index in [1.165, 1.54) is 19.3 Å². The predicted molar refractivity (Wildman–Crippen MR) is 58.8 cm³/mol. The van der Waals surface area contributed by atoms with Crippen molar-refractivity contribution in [2.24, 2.45) is 10.8 Å². The molecule has 2 nitrogen and oxygen atoms in total. The Bertz CT molecular complexity index is 221. The zero-order valence-corrected chi connectivity index (χ0v) is 9.69. The van der Waals surface area contributed by atoms with Crippen LogP contribution in [0.2, 0.25) is 0 Å². The van der Waals surface area contributed by atoms with Gasteiger partial charge in [-0.15, -0.1) is 0 Å². The molecule has 0 aromatic carbocycles. The zero-order chi connectivity index (χ0) is 10.7. The fourth-order valence-electron chi connectivity index (χ4n) is 1.80. The van der Waals surface area contributed by atoms with Crippen LogP contribution < -0.4 is 5.32 Å². The van der Waals surface area contributed by atoms with Crippen molar-refractivity contribution in [2.45, 2.75) is 46.5 Å². The van der Waals surface area contributed by atoms with Gasteiger partial charge in [-0.05, 0) is 45.1 Å². The molecule has 1 fully saturated rings. The Balaban J connectivity index is 2.08. The van der Waals surface area contributed by atoms with Crippen LogP contribution >= 0.6 is 0 Å². The second kappa shape index (κ2) is 4.31. The summed E-state index contributed by atoms with van der Waals surface area (Å²) >= 11 is 0. The van der Waals surface area contributed by atoms with Gasteiger partial charge in [0, 0.05) is 6.54 Å². The molecule has 1 aliphatic rings. The fourth-order valence-corrected chi connectivity index (χ4v) is 1.80. The highest BCUT2D eigenvalue weighted by molar-refractivity contribution is 4.92. The van der Waals surface area contributed by atoms with Crippen molar-refractivity contribution in [1.29, 1.82) is 5.26 Å². The smallest absolute Gasteiger partial charge is 0.0684 e. The van der Waals surface area contributed by atoms with Crippen LogP contribution in [0.15, 0.2) is 0 Å². The summed E-state index contributed by atoms with van der Waals surface area (Å²) < 4.78 is 0. The van der Waals surface area contributed by atoms with Crippen molar-refractivity contribution in [3.8, 4) is 6.07 Å². The minimum absolute atomic E-state index is 0.173. The van der Waals surface area contributed by atoms with Crippen molar-refractivity contribution < 1.29 is 0 Å². The lowest BCUT2D eigenvalue weighted by Gasteiger charge is -2.38. The van der Waals surface area contributed by atoms with Crippen LogP contribution in [0.4, 0.5) is 0 Å². The Morgan fingerprint density at radius 2 is 2.07 bits per heavy atom. The minimum Gasteiger partial charge on any atom is -0.316 e. The lowest BCUT2D eigenvalue weighted by Crippen LogP contribution is -2.38. The van der Waals surface area contributed by atoms with E-state index in [0.29, 0.717) is 5.41 Å². The van der Waals surface area contributed by atoms with Crippen LogP contribution in [0.25, 0.3) is 0 Å². The molecular formula is C12H22N2. The number of hydrogen-bond acceptors (Lipinski definition) is 2. The summed E-state index contributed by atoms with van der Waals surface area (Å²) in [5.41, 5.74) is 0.379. The normalized spacial score (nSPS) is 19.9. The average Bonchev–Trinajstić information content (AvgIpc) is 2.10. The van der Waals surface area contributed by atoms with Crippen molar-refractivity contribution in [2.75, 3.05) is 13.1 Å². The number of nitriles is 1. The average molecular weight is 194 g/mol. The Morgan fingerprint density at radius 3 is 2.50 bits per heavy atom. The van der Waals surface area contributed by atoms with Crippen LogP contribution in [0.5, 0.6) is 0 Å². The third-order valence-electron chi connectivity index (χ3n) is 3.34. The molecule has 0 radical (unpaired) electrons. The summed E-state index contributed by atoms with van der Waals surface area (Å²) in [5, 5.41) is 12.3. The van der Waals surface area contributed by atoms with Crippen molar-refractivity contribution in [3.63, 3.8) is 0 Å². The first kappa shape index (κ1) is 11.5. The first-order valence-electron chi connectivity index (χ1n) is 5.59. The van der Waals surface area contributed by atoms with Crippen LogP contribution in [0.1, 0.15) is 46.5 Å². The van der Waals surface area contributed by atoms with Gasteiger partial charge in [0.1, 0.15) is 0 Å². The minimum atomic E-state index is -0.173. The van der Waals surface area contributed by atoms with Gasteiger partial charge in [-0.1, -0.05) is 13.3 Å². The lowest BCUT2D eigenvalue weighted by molar-refractivity contribution is 0.155. The zero-order valence-electron chi connectivity index (χ0n) is 9.69. The highest BCUT2D eigenvalue weighted by atomic mass is 14.9. The van der Waals surface area contributed by atoms with E-state index in [9.17, 15) is 0 Å². The van der Waals surface area contributed by atoms with E-state index >= 15 is 0 Å². The van der Waals surface area contributed by atoms with Gasteiger partial charge in [0.25, 0.3) is 0 Å². The fraction of sp³-hybridized carbons (Fsp3) is 0.917. The number of rotatable bonds is 5. The Morgan fingerprint density at radius 1 is 1.43 bits per heavy atom. The molecule has 0 spiro atoms. The van der Waals surface area contributed by atoms with Gasteiger partial charge < -0.3 is 5.32 Å². The van der Waals surface area contributed by atoms with Crippen LogP contribution in [-0.2, 0) is 0 Å². The van der Waals surface area contributed by atoms with Crippen molar-refractivity contribution in [1.82, 2.24) is 5.32 Å². The van der Waals surface area contributed by atoms with E-state index in [-0.39, 0.29) is 5.41 Å². The molecule has 0 unspecified atom stereocenters. The summed E-state index contributed by atoms with van der Waals surface area (Å²) in [4.78, 5) is 0. The number of hydrogen-bond donors (Lipinski definition) is 1. The van der Waals surface area contributed by atoms with Crippen LogP contribution in [0.3, 0.4) is 0 Å². The number of nitrogens with zero attached hydrogens (tertiary/aromatic N) is 1. The van der Waals surface area contributed by atoms with E-state index in [4.69, 9.17) is 5.26 Å². The molecule has 0 aromatic heterocycles. The molecule has 1 aliphatic carbocycles. The summed E-state index contributed by atoms with van der Waals surface area (Å²) in [7, 11) is 0. The van der Waals surface area contributed by atoms with E-state index in [0.717, 1.165) is 19.5 Å². The molecule has 0 aromatic rings. The molecule has 80 valence electrons. The number of nitrogens with one attached hydrogen (secondary N) is 1. The standard InChI is InChI=1S/C12H22N2/c1-11(2,9-13)7-8-14-10-12(3)5-4-6-12/h14H,4-8,10H2,1-3H3. The van der Waals surface area contributed by atoms with Crippen LogP contribution in [-0.4, -0.2) is 13.1 Å². The molecule has 1 rings (SSSR count). The van der Waals surface area contributed by atoms with Gasteiger partial charge in [-0.2, -0.15) is 5.26 Å². The van der Waals surface area contributed by atoms with Gasteiger partial charge in [-0.3, -0.25) is 0 Å². The molecule has 0 bridgehead atoms. The molecule has 14 heavy (non-hydrogen) atoms. The summed E-state index contributed by atoms with van der Waals surface area (Å²) in [6.45, 7) is 8.43. The highest BCUT2D eigenvalue weighted by Gasteiger charge is 2.31. The monoisotopic (exact) mass is 194 g/mol. The second-order valence-corrected chi connectivity index (χ2v) is 5.59. The molecule has 0 atom stereocenters. The van der Waals surface area contributed by atoms with E-state index in [2.05, 4.69) is 18.3 Å². The first-order valence-corrected chi connectivity index (χ1v) is 5.59. The molecule has 0 aliphatic heterocycles.